The van der Waals surface area contributed by atoms with Gasteiger partial charge in [-0.15, -0.1) is 0 Å². The molecule has 2 N–H and O–H groups in total. The predicted octanol–water partition coefficient (Wildman–Crippen LogP) is 2.93. The molecule has 0 heterocycles. The normalized spacial score (nSPS) is 10.1. The summed E-state index contributed by atoms with van der Waals surface area (Å²) >= 11 is 1.72. The Bertz CT molecular complexity index is 651. The Balaban J connectivity index is 1.91. The average Bonchev–Trinajstić information content (AvgIpc) is 2.54. The topological polar surface area (TPSA) is 58.2 Å². The highest BCUT2D eigenvalue weighted by molar-refractivity contribution is 7.97. The van der Waals surface area contributed by atoms with Gasteiger partial charge in [0.1, 0.15) is 0 Å². The van der Waals surface area contributed by atoms with Gasteiger partial charge in [0.25, 0.3) is 11.8 Å². The third-order valence-electron chi connectivity index (χ3n) is 3.13. The number of aryl methyl sites for hydroxylation is 1. The molecule has 0 bridgehead atoms. The molecule has 22 heavy (non-hydrogen) atoms. The van der Waals surface area contributed by atoms with Crippen molar-refractivity contribution in [3.8, 4) is 0 Å². The first kappa shape index (κ1) is 16.1. The van der Waals surface area contributed by atoms with Crippen molar-refractivity contribution >= 4 is 23.6 Å². The second-order valence-electron chi connectivity index (χ2n) is 4.90. The Kier molecular flexibility index (Phi) is 5.61. The number of benzene rings is 2. The first-order valence-electron chi connectivity index (χ1n) is 6.85. The molecule has 5 heteroatoms. The molecule has 0 atom stereocenters. The van der Waals surface area contributed by atoms with Crippen LogP contribution < -0.4 is 10.9 Å². The lowest BCUT2D eigenvalue weighted by molar-refractivity contribution is 0.0846. The van der Waals surface area contributed by atoms with Crippen LogP contribution in [0.1, 0.15) is 31.8 Å². The number of nitrogens with one attached hydrogen (secondary N) is 2. The molecule has 0 radical (unpaired) electrons. The summed E-state index contributed by atoms with van der Waals surface area (Å²) in [4.78, 5) is 23.9. The van der Waals surface area contributed by atoms with Crippen LogP contribution in [0.25, 0.3) is 0 Å². The zero-order chi connectivity index (χ0) is 15.9. The second kappa shape index (κ2) is 7.66. The molecule has 0 unspecified atom stereocenters. The Morgan fingerprint density at radius 3 is 1.77 bits per heavy atom. The predicted molar refractivity (Wildman–Crippen MR) is 89.8 cm³/mol. The maximum atomic E-state index is 12.0. The molecule has 2 rings (SSSR count). The summed E-state index contributed by atoms with van der Waals surface area (Å²) in [5.74, 6) is 0.231. The number of thioether (sulfide) groups is 1. The maximum Gasteiger partial charge on any atom is 0.269 e. The molecule has 2 aromatic rings. The van der Waals surface area contributed by atoms with E-state index in [1.54, 1.807) is 36.0 Å². The number of hydrogen-bond donors (Lipinski definition) is 2. The first-order chi connectivity index (χ1) is 10.6. The molecule has 2 aromatic carbocycles. The molecule has 0 aromatic heterocycles. The van der Waals surface area contributed by atoms with E-state index in [4.69, 9.17) is 0 Å². The van der Waals surface area contributed by atoms with Crippen molar-refractivity contribution in [3.63, 3.8) is 0 Å². The smallest absolute Gasteiger partial charge is 0.267 e. The van der Waals surface area contributed by atoms with E-state index in [-0.39, 0.29) is 11.8 Å². The maximum absolute atomic E-state index is 12.0. The molecule has 0 fully saturated rings. The highest BCUT2D eigenvalue weighted by Gasteiger charge is 2.08. The standard InChI is InChI=1S/C17H18N2O2S/c1-12-3-7-14(8-4-12)16(20)18-19-17(21)15-9-5-13(6-10-15)11-22-2/h3-10H,11H2,1-2H3,(H,18,20)(H,19,21). The van der Waals surface area contributed by atoms with Crippen LogP contribution in [0.2, 0.25) is 0 Å². The number of carbonyl (C=O) groups excluding carboxylic acids is 2. The molecule has 0 saturated heterocycles. The second-order valence-corrected chi connectivity index (χ2v) is 5.77. The van der Waals surface area contributed by atoms with Crippen molar-refractivity contribution in [1.29, 1.82) is 0 Å². The van der Waals surface area contributed by atoms with Crippen LogP contribution in [-0.2, 0) is 5.75 Å². The van der Waals surface area contributed by atoms with Gasteiger partial charge in [-0.1, -0.05) is 29.8 Å². The third-order valence-corrected chi connectivity index (χ3v) is 3.75. The van der Waals surface area contributed by atoms with Crippen molar-refractivity contribution in [3.05, 3.63) is 70.8 Å². The van der Waals surface area contributed by atoms with Gasteiger partial charge in [0, 0.05) is 16.9 Å². The molecule has 0 spiro atoms. The minimum absolute atomic E-state index is 0.337. The minimum atomic E-state index is -0.340. The van der Waals surface area contributed by atoms with E-state index >= 15 is 0 Å². The Morgan fingerprint density at radius 2 is 1.32 bits per heavy atom. The molecule has 114 valence electrons. The fourth-order valence-electron chi connectivity index (χ4n) is 1.88. The lowest BCUT2D eigenvalue weighted by Crippen LogP contribution is -2.41. The van der Waals surface area contributed by atoms with Crippen LogP contribution in [0.15, 0.2) is 48.5 Å². The Morgan fingerprint density at radius 1 is 0.864 bits per heavy atom. The van der Waals surface area contributed by atoms with Crippen LogP contribution in [0, 0.1) is 6.92 Å². The monoisotopic (exact) mass is 314 g/mol. The van der Waals surface area contributed by atoms with Crippen molar-refractivity contribution < 1.29 is 9.59 Å². The summed E-state index contributed by atoms with van der Waals surface area (Å²) in [6, 6.07) is 14.4. The summed E-state index contributed by atoms with van der Waals surface area (Å²) in [5, 5.41) is 0. The number of rotatable bonds is 4. The van der Waals surface area contributed by atoms with Crippen molar-refractivity contribution in [2.24, 2.45) is 0 Å². The van der Waals surface area contributed by atoms with Crippen LogP contribution in [0.4, 0.5) is 0 Å². The van der Waals surface area contributed by atoms with Gasteiger partial charge in [-0.05, 0) is 43.0 Å². The fraction of sp³-hybridized carbons (Fsp3) is 0.176. The Hall–Kier alpha value is -2.27. The number of carbonyl (C=O) groups is 2. The number of hydrogen-bond acceptors (Lipinski definition) is 3. The molecule has 4 nitrogen and oxygen atoms in total. The van der Waals surface area contributed by atoms with Gasteiger partial charge in [-0.2, -0.15) is 11.8 Å². The van der Waals surface area contributed by atoms with Gasteiger partial charge in [-0.25, -0.2) is 0 Å². The lowest BCUT2D eigenvalue weighted by Gasteiger charge is -2.08. The summed E-state index contributed by atoms with van der Waals surface area (Å²) in [5.41, 5.74) is 8.08. The summed E-state index contributed by atoms with van der Waals surface area (Å²) in [7, 11) is 0. The molecule has 0 aliphatic rings. The van der Waals surface area contributed by atoms with Gasteiger partial charge < -0.3 is 0 Å². The highest BCUT2D eigenvalue weighted by Crippen LogP contribution is 2.10. The van der Waals surface area contributed by atoms with Crippen molar-refractivity contribution in [2.45, 2.75) is 12.7 Å². The van der Waals surface area contributed by atoms with Gasteiger partial charge in [0.05, 0.1) is 0 Å². The van der Waals surface area contributed by atoms with Crippen LogP contribution in [-0.4, -0.2) is 18.1 Å². The quantitative estimate of drug-likeness (QED) is 0.853. The molecular formula is C17H18N2O2S. The fourth-order valence-corrected chi connectivity index (χ4v) is 2.41. The van der Waals surface area contributed by atoms with E-state index < -0.39 is 0 Å². The summed E-state index contributed by atoms with van der Waals surface area (Å²) in [6.07, 6.45) is 2.03. The van der Waals surface area contributed by atoms with Crippen LogP contribution in [0.3, 0.4) is 0 Å². The lowest BCUT2D eigenvalue weighted by atomic mass is 10.1. The van der Waals surface area contributed by atoms with Crippen LogP contribution >= 0.6 is 11.8 Å². The third kappa shape index (κ3) is 4.36. The van der Waals surface area contributed by atoms with Gasteiger partial charge >= 0.3 is 0 Å². The van der Waals surface area contributed by atoms with E-state index in [9.17, 15) is 9.59 Å². The zero-order valence-corrected chi connectivity index (χ0v) is 13.4. The van der Waals surface area contributed by atoms with Gasteiger partial charge in [0.2, 0.25) is 0 Å². The largest absolute Gasteiger partial charge is 0.269 e. The Labute approximate surface area is 134 Å². The summed E-state index contributed by atoms with van der Waals surface area (Å²) in [6.45, 7) is 1.95. The molecular weight excluding hydrogens is 296 g/mol. The van der Waals surface area contributed by atoms with E-state index in [2.05, 4.69) is 10.9 Å². The molecule has 0 aliphatic heterocycles. The highest BCUT2D eigenvalue weighted by atomic mass is 32.2. The van der Waals surface area contributed by atoms with E-state index in [1.165, 1.54) is 0 Å². The zero-order valence-electron chi connectivity index (χ0n) is 12.6. The van der Waals surface area contributed by atoms with Gasteiger partial charge in [0.15, 0.2) is 0 Å². The van der Waals surface area contributed by atoms with Crippen molar-refractivity contribution in [1.82, 2.24) is 10.9 Å². The molecule has 0 saturated carbocycles. The SMILES string of the molecule is CSCc1ccc(C(=O)NNC(=O)c2ccc(C)cc2)cc1. The van der Waals surface area contributed by atoms with Crippen LogP contribution in [0.5, 0.6) is 0 Å². The number of hydrazine groups is 1. The minimum Gasteiger partial charge on any atom is -0.267 e. The van der Waals surface area contributed by atoms with Crippen molar-refractivity contribution in [2.75, 3.05) is 6.26 Å². The molecule has 0 aliphatic carbocycles. The molecule has 2 amide bonds. The summed E-state index contributed by atoms with van der Waals surface area (Å²) < 4.78 is 0. The van der Waals surface area contributed by atoms with E-state index in [0.717, 1.165) is 16.9 Å². The van der Waals surface area contributed by atoms with E-state index in [1.807, 2.05) is 37.4 Å². The number of amides is 2. The van der Waals surface area contributed by atoms with E-state index in [0.29, 0.717) is 11.1 Å². The van der Waals surface area contributed by atoms with Gasteiger partial charge in [-0.3, -0.25) is 20.4 Å². The first-order valence-corrected chi connectivity index (χ1v) is 8.25. The average molecular weight is 314 g/mol.